The van der Waals surface area contributed by atoms with E-state index in [2.05, 4.69) is 15.0 Å². The lowest BCUT2D eigenvalue weighted by Gasteiger charge is -2.01. The van der Waals surface area contributed by atoms with Crippen molar-refractivity contribution in [2.75, 3.05) is 0 Å². The predicted molar refractivity (Wildman–Crippen MR) is 50.6 cm³/mol. The average molecular weight is 203 g/mol. The summed E-state index contributed by atoms with van der Waals surface area (Å²) in [7, 11) is 0. The monoisotopic (exact) mass is 203 g/mol. The molecule has 0 unspecified atom stereocenters. The first-order valence-electron chi connectivity index (χ1n) is 4.19. The lowest BCUT2D eigenvalue weighted by Crippen LogP contribution is -1.96. The first-order valence-corrected chi connectivity index (χ1v) is 4.19. The molecule has 2 aromatic heterocycles. The number of nitrogens with zero attached hydrogens (tertiary/aromatic N) is 3. The van der Waals surface area contributed by atoms with Gasteiger partial charge in [0, 0.05) is 12.4 Å². The Morgan fingerprint density at radius 1 is 1.20 bits per heavy atom. The van der Waals surface area contributed by atoms with Crippen LogP contribution in [-0.4, -0.2) is 21.2 Å². The normalized spacial score (nSPS) is 9.93. The quantitative estimate of drug-likeness (QED) is 0.694. The molecule has 0 spiro atoms. The van der Waals surface area contributed by atoms with Crippen molar-refractivity contribution in [2.24, 2.45) is 0 Å². The van der Waals surface area contributed by atoms with E-state index < -0.39 is 5.82 Å². The number of carbonyl (C=O) groups excluding carboxylic acids is 1. The molecule has 0 radical (unpaired) electrons. The lowest BCUT2D eigenvalue weighted by atomic mass is 10.2. The maximum absolute atomic E-state index is 12.9. The smallest absolute Gasteiger partial charge is 0.169 e. The van der Waals surface area contributed by atoms with E-state index in [1.807, 2.05) is 0 Å². The standard InChI is InChI=1S/C10H6FN3O/c11-7-4-8(9(6-15)14-5-7)10-12-2-1-3-13-10/h1-6H. The van der Waals surface area contributed by atoms with E-state index in [0.717, 1.165) is 6.20 Å². The SMILES string of the molecule is O=Cc1ncc(F)cc1-c1ncccn1. The van der Waals surface area contributed by atoms with Crippen molar-refractivity contribution in [2.45, 2.75) is 0 Å². The second kappa shape index (κ2) is 3.91. The summed E-state index contributed by atoms with van der Waals surface area (Å²) in [5.41, 5.74) is 0.424. The maximum atomic E-state index is 12.9. The molecule has 2 rings (SSSR count). The number of pyridine rings is 1. The summed E-state index contributed by atoms with van der Waals surface area (Å²) in [6.45, 7) is 0. The topological polar surface area (TPSA) is 55.7 Å². The highest BCUT2D eigenvalue weighted by molar-refractivity contribution is 5.82. The van der Waals surface area contributed by atoms with Crippen LogP contribution in [0.3, 0.4) is 0 Å². The third-order valence-electron chi connectivity index (χ3n) is 1.80. The fourth-order valence-electron chi connectivity index (χ4n) is 1.16. The molecule has 0 saturated heterocycles. The van der Waals surface area contributed by atoms with Gasteiger partial charge >= 0.3 is 0 Å². The Morgan fingerprint density at radius 3 is 2.60 bits per heavy atom. The molecule has 0 aliphatic carbocycles. The Hall–Kier alpha value is -2.17. The molecule has 0 atom stereocenters. The van der Waals surface area contributed by atoms with Crippen molar-refractivity contribution in [1.29, 1.82) is 0 Å². The van der Waals surface area contributed by atoms with Gasteiger partial charge in [0.2, 0.25) is 0 Å². The number of hydrogen-bond acceptors (Lipinski definition) is 4. The van der Waals surface area contributed by atoms with Gasteiger partial charge in [-0.1, -0.05) is 0 Å². The van der Waals surface area contributed by atoms with Crippen molar-refractivity contribution < 1.29 is 9.18 Å². The van der Waals surface area contributed by atoms with Crippen molar-refractivity contribution in [3.05, 3.63) is 42.2 Å². The lowest BCUT2D eigenvalue weighted by molar-refractivity contribution is 0.111. The largest absolute Gasteiger partial charge is 0.296 e. The van der Waals surface area contributed by atoms with Crippen LogP contribution < -0.4 is 0 Å². The Morgan fingerprint density at radius 2 is 1.93 bits per heavy atom. The molecule has 0 saturated carbocycles. The van der Waals surface area contributed by atoms with Crippen LogP contribution in [0, 0.1) is 5.82 Å². The third-order valence-corrected chi connectivity index (χ3v) is 1.80. The van der Waals surface area contributed by atoms with Crippen LogP contribution in [-0.2, 0) is 0 Å². The first kappa shape index (κ1) is 9.39. The minimum absolute atomic E-state index is 0.127. The van der Waals surface area contributed by atoms with E-state index in [-0.39, 0.29) is 11.5 Å². The Kier molecular flexibility index (Phi) is 2.45. The summed E-state index contributed by atoms with van der Waals surface area (Å²) in [5.74, 6) is -0.241. The number of hydrogen-bond donors (Lipinski definition) is 0. The van der Waals surface area contributed by atoms with E-state index >= 15 is 0 Å². The molecule has 4 nitrogen and oxygen atoms in total. The highest BCUT2D eigenvalue weighted by Gasteiger charge is 2.09. The minimum atomic E-state index is -0.525. The van der Waals surface area contributed by atoms with E-state index in [4.69, 9.17) is 0 Å². The van der Waals surface area contributed by atoms with Crippen LogP contribution in [0.4, 0.5) is 4.39 Å². The maximum Gasteiger partial charge on any atom is 0.169 e. The molecule has 0 aliphatic heterocycles. The summed E-state index contributed by atoms with van der Waals surface area (Å²) >= 11 is 0. The van der Waals surface area contributed by atoms with Crippen LogP contribution in [0.15, 0.2) is 30.7 Å². The first-order chi connectivity index (χ1) is 7.31. The van der Waals surface area contributed by atoms with E-state index in [1.165, 1.54) is 18.5 Å². The van der Waals surface area contributed by atoms with Crippen molar-refractivity contribution in [3.8, 4) is 11.4 Å². The second-order valence-corrected chi connectivity index (χ2v) is 2.78. The number of rotatable bonds is 2. The summed E-state index contributed by atoms with van der Waals surface area (Å²) in [5, 5.41) is 0. The number of aromatic nitrogens is 3. The zero-order chi connectivity index (χ0) is 10.7. The Balaban J connectivity index is 2.61. The van der Waals surface area contributed by atoms with Gasteiger partial charge in [0.15, 0.2) is 12.1 Å². The van der Waals surface area contributed by atoms with Crippen LogP contribution >= 0.6 is 0 Å². The molecular weight excluding hydrogens is 197 g/mol. The van der Waals surface area contributed by atoms with E-state index in [1.54, 1.807) is 6.07 Å². The molecule has 5 heteroatoms. The van der Waals surface area contributed by atoms with Gasteiger partial charge in [-0.25, -0.2) is 19.3 Å². The van der Waals surface area contributed by atoms with Gasteiger partial charge < -0.3 is 0 Å². The number of carbonyl (C=O) groups is 1. The second-order valence-electron chi connectivity index (χ2n) is 2.78. The van der Waals surface area contributed by atoms with Crippen molar-refractivity contribution in [1.82, 2.24) is 15.0 Å². The fourth-order valence-corrected chi connectivity index (χ4v) is 1.16. The molecule has 0 fully saturated rings. The molecule has 0 aliphatic rings. The fraction of sp³-hybridized carbons (Fsp3) is 0. The zero-order valence-corrected chi connectivity index (χ0v) is 7.59. The zero-order valence-electron chi connectivity index (χ0n) is 7.59. The molecule has 74 valence electrons. The highest BCUT2D eigenvalue weighted by Crippen LogP contribution is 2.17. The van der Waals surface area contributed by atoms with Crippen molar-refractivity contribution >= 4 is 6.29 Å². The van der Waals surface area contributed by atoms with Gasteiger partial charge in [-0.2, -0.15) is 0 Å². The van der Waals surface area contributed by atoms with Gasteiger partial charge in [-0.05, 0) is 12.1 Å². The molecule has 2 aromatic rings. The molecule has 0 bridgehead atoms. The molecule has 2 heterocycles. The van der Waals surface area contributed by atoms with Gasteiger partial charge in [0.25, 0.3) is 0 Å². The van der Waals surface area contributed by atoms with E-state index in [9.17, 15) is 9.18 Å². The summed E-state index contributed by atoms with van der Waals surface area (Å²) < 4.78 is 12.9. The van der Waals surface area contributed by atoms with Gasteiger partial charge in [0.1, 0.15) is 11.5 Å². The minimum Gasteiger partial charge on any atom is -0.296 e. The molecule has 0 amide bonds. The Bertz CT molecular complexity index is 487. The van der Waals surface area contributed by atoms with Gasteiger partial charge in [0.05, 0.1) is 11.8 Å². The number of halogens is 1. The summed E-state index contributed by atoms with van der Waals surface area (Å²) in [6.07, 6.45) is 4.56. The van der Waals surface area contributed by atoms with Crippen LogP contribution in [0.2, 0.25) is 0 Å². The van der Waals surface area contributed by atoms with Gasteiger partial charge in [-0.15, -0.1) is 0 Å². The predicted octanol–water partition coefficient (Wildman–Crippen LogP) is 1.49. The average Bonchev–Trinajstić information content (AvgIpc) is 2.30. The Labute approximate surface area is 84.8 Å². The summed E-state index contributed by atoms with van der Waals surface area (Å²) in [6, 6.07) is 2.82. The number of aldehydes is 1. The molecule has 0 N–H and O–H groups in total. The highest BCUT2D eigenvalue weighted by atomic mass is 19.1. The molecular formula is C10H6FN3O. The molecule has 15 heavy (non-hydrogen) atoms. The van der Waals surface area contributed by atoms with Crippen LogP contribution in [0.1, 0.15) is 10.5 Å². The van der Waals surface area contributed by atoms with Gasteiger partial charge in [-0.3, -0.25) is 4.79 Å². The molecule has 0 aromatic carbocycles. The summed E-state index contributed by atoms with van der Waals surface area (Å²) in [4.78, 5) is 22.2. The third kappa shape index (κ3) is 1.85. The van der Waals surface area contributed by atoms with Crippen molar-refractivity contribution in [3.63, 3.8) is 0 Å². The van der Waals surface area contributed by atoms with Crippen LogP contribution in [0.25, 0.3) is 11.4 Å². The van der Waals surface area contributed by atoms with E-state index in [0.29, 0.717) is 11.8 Å². The van der Waals surface area contributed by atoms with Crippen LogP contribution in [0.5, 0.6) is 0 Å².